The summed E-state index contributed by atoms with van der Waals surface area (Å²) in [6, 6.07) is 21.7. The monoisotopic (exact) mass is 572 g/mol. The lowest BCUT2D eigenvalue weighted by molar-refractivity contribution is -0.384. The molecule has 4 rings (SSSR count). The van der Waals surface area contributed by atoms with Gasteiger partial charge >= 0.3 is 0 Å². The molecule has 0 radical (unpaired) electrons. The van der Waals surface area contributed by atoms with Crippen LogP contribution in [0.4, 0.5) is 17.1 Å². The van der Waals surface area contributed by atoms with Crippen LogP contribution in [0.15, 0.2) is 100 Å². The van der Waals surface area contributed by atoms with Crippen molar-refractivity contribution in [2.45, 2.75) is 11.8 Å². The highest BCUT2D eigenvalue weighted by molar-refractivity contribution is 8.00. The molecule has 0 bridgehead atoms. The van der Waals surface area contributed by atoms with Crippen LogP contribution in [0.2, 0.25) is 0 Å². The second kappa shape index (κ2) is 13.4. The number of nitrogens with one attached hydrogen (secondary N) is 3. The summed E-state index contributed by atoms with van der Waals surface area (Å²) < 4.78 is 0. The number of aryl methyl sites for hydroxylation is 1. The molecule has 202 valence electrons. The Labute approximate surface area is 238 Å². The van der Waals surface area contributed by atoms with E-state index in [0.717, 1.165) is 10.5 Å². The van der Waals surface area contributed by atoms with Crippen LogP contribution in [0.5, 0.6) is 0 Å². The Morgan fingerprint density at radius 1 is 0.975 bits per heavy atom. The van der Waals surface area contributed by atoms with E-state index in [9.17, 15) is 24.5 Å². The third-order valence-corrected chi connectivity index (χ3v) is 7.25. The Hall–Kier alpha value is -4.74. The SMILES string of the molecule is Cc1ccc([N+](=O)[O-])cc1NC(=O)CSc1cccc(NC(=O)/C(=C/c2ccsc2)NC(=O)c2ccccc2)c1. The van der Waals surface area contributed by atoms with Gasteiger partial charge in [-0.1, -0.05) is 30.3 Å². The molecule has 0 atom stereocenters. The van der Waals surface area contributed by atoms with Crippen molar-refractivity contribution in [2.75, 3.05) is 16.4 Å². The van der Waals surface area contributed by atoms with Crippen LogP contribution in [-0.4, -0.2) is 28.4 Å². The van der Waals surface area contributed by atoms with Gasteiger partial charge in [0.15, 0.2) is 0 Å². The molecule has 40 heavy (non-hydrogen) atoms. The number of rotatable bonds is 10. The highest BCUT2D eigenvalue weighted by atomic mass is 32.2. The third kappa shape index (κ3) is 7.88. The van der Waals surface area contributed by atoms with Crippen LogP contribution < -0.4 is 16.0 Å². The van der Waals surface area contributed by atoms with E-state index in [0.29, 0.717) is 22.5 Å². The summed E-state index contributed by atoms with van der Waals surface area (Å²) in [5.41, 5.74) is 2.74. The summed E-state index contributed by atoms with van der Waals surface area (Å²) in [6.45, 7) is 1.75. The average Bonchev–Trinajstić information content (AvgIpc) is 3.46. The summed E-state index contributed by atoms with van der Waals surface area (Å²) in [5, 5.41) is 23.0. The number of amides is 3. The summed E-state index contributed by atoms with van der Waals surface area (Å²) in [4.78, 5) is 49.7. The molecule has 0 aliphatic carbocycles. The largest absolute Gasteiger partial charge is 0.325 e. The average molecular weight is 573 g/mol. The number of hydrogen-bond donors (Lipinski definition) is 3. The molecule has 0 saturated heterocycles. The predicted molar refractivity (Wildman–Crippen MR) is 158 cm³/mol. The van der Waals surface area contributed by atoms with Crippen molar-refractivity contribution < 1.29 is 19.3 Å². The van der Waals surface area contributed by atoms with Gasteiger partial charge in [-0.3, -0.25) is 24.5 Å². The van der Waals surface area contributed by atoms with Crippen molar-refractivity contribution in [1.82, 2.24) is 5.32 Å². The fourth-order valence-electron chi connectivity index (χ4n) is 3.52. The van der Waals surface area contributed by atoms with Crippen LogP contribution in [0.25, 0.3) is 6.08 Å². The van der Waals surface area contributed by atoms with Gasteiger partial charge in [0.2, 0.25) is 5.91 Å². The minimum absolute atomic E-state index is 0.0516. The number of benzene rings is 3. The van der Waals surface area contributed by atoms with Crippen LogP contribution >= 0.6 is 23.1 Å². The van der Waals surface area contributed by atoms with Crippen molar-refractivity contribution >= 4 is 64.0 Å². The summed E-state index contributed by atoms with van der Waals surface area (Å²) in [5.74, 6) is -1.19. The maximum atomic E-state index is 13.2. The van der Waals surface area contributed by atoms with E-state index in [1.165, 1.54) is 35.2 Å². The predicted octanol–water partition coefficient (Wildman–Crippen LogP) is 6.11. The molecule has 3 N–H and O–H groups in total. The maximum absolute atomic E-state index is 13.2. The number of carbonyl (C=O) groups excluding carboxylic acids is 3. The number of thiophene rings is 1. The van der Waals surface area contributed by atoms with Gasteiger partial charge in [-0.15, -0.1) is 11.8 Å². The number of nitro groups is 1. The van der Waals surface area contributed by atoms with Gasteiger partial charge in [-0.25, -0.2) is 0 Å². The molecule has 3 amide bonds. The zero-order valence-corrected chi connectivity index (χ0v) is 22.9. The Morgan fingerprint density at radius 3 is 2.50 bits per heavy atom. The molecular weight excluding hydrogens is 548 g/mol. The van der Waals surface area contributed by atoms with E-state index in [1.54, 1.807) is 73.7 Å². The number of hydrogen-bond acceptors (Lipinski definition) is 7. The molecule has 11 heteroatoms. The van der Waals surface area contributed by atoms with E-state index in [-0.39, 0.29) is 23.0 Å². The fourth-order valence-corrected chi connectivity index (χ4v) is 4.89. The summed E-state index contributed by atoms with van der Waals surface area (Å²) >= 11 is 2.72. The molecule has 0 fully saturated rings. The maximum Gasteiger partial charge on any atom is 0.272 e. The Balaban J connectivity index is 1.41. The zero-order valence-electron chi connectivity index (χ0n) is 21.2. The van der Waals surface area contributed by atoms with E-state index in [2.05, 4.69) is 16.0 Å². The second-order valence-corrected chi connectivity index (χ2v) is 10.3. The highest BCUT2D eigenvalue weighted by Gasteiger charge is 2.16. The quantitative estimate of drug-likeness (QED) is 0.0910. The first-order valence-corrected chi connectivity index (χ1v) is 13.9. The Morgan fingerprint density at radius 2 is 1.77 bits per heavy atom. The molecular formula is C29H24N4O5S2. The second-order valence-electron chi connectivity index (χ2n) is 8.51. The van der Waals surface area contributed by atoms with Crippen LogP contribution in [0, 0.1) is 17.0 Å². The van der Waals surface area contributed by atoms with E-state index in [4.69, 9.17) is 0 Å². The standard InChI is InChI=1S/C29H24N4O5S2/c1-19-10-11-23(33(37)38)16-25(19)31-27(34)18-40-24-9-5-8-22(15-24)30-29(36)26(14-20-12-13-39-17-20)32-28(35)21-6-3-2-4-7-21/h2-17H,18H2,1H3,(H,30,36)(H,31,34)(H,32,35)/b26-14-. The van der Waals surface area contributed by atoms with Gasteiger partial charge in [0.1, 0.15) is 5.70 Å². The first-order valence-electron chi connectivity index (χ1n) is 12.0. The summed E-state index contributed by atoms with van der Waals surface area (Å²) in [6.07, 6.45) is 1.60. The lowest BCUT2D eigenvalue weighted by Crippen LogP contribution is -2.30. The molecule has 1 heterocycles. The number of nitrogens with zero attached hydrogens (tertiary/aromatic N) is 1. The number of nitro benzene ring substituents is 1. The van der Waals surface area contributed by atoms with Gasteiger partial charge < -0.3 is 16.0 Å². The van der Waals surface area contributed by atoms with Crippen molar-refractivity contribution in [2.24, 2.45) is 0 Å². The smallest absolute Gasteiger partial charge is 0.272 e. The normalized spacial score (nSPS) is 11.0. The summed E-state index contributed by atoms with van der Waals surface area (Å²) in [7, 11) is 0. The Bertz CT molecular complexity index is 1570. The number of non-ortho nitro benzene ring substituents is 1. The molecule has 3 aromatic carbocycles. The highest BCUT2D eigenvalue weighted by Crippen LogP contribution is 2.25. The molecule has 0 aliphatic heterocycles. The molecule has 4 aromatic rings. The van der Waals surface area contributed by atoms with Gasteiger partial charge in [0.25, 0.3) is 17.5 Å². The van der Waals surface area contributed by atoms with Crippen molar-refractivity contribution in [1.29, 1.82) is 0 Å². The first-order chi connectivity index (χ1) is 19.3. The lowest BCUT2D eigenvalue weighted by Gasteiger charge is -2.12. The number of anilines is 2. The van der Waals surface area contributed by atoms with Gasteiger partial charge in [0, 0.05) is 28.3 Å². The Kier molecular flexibility index (Phi) is 9.44. The molecule has 1 aromatic heterocycles. The van der Waals surface area contributed by atoms with Gasteiger partial charge in [-0.05, 0) is 71.3 Å². The molecule has 0 spiro atoms. The number of carbonyl (C=O) groups is 3. The molecule has 9 nitrogen and oxygen atoms in total. The van der Waals surface area contributed by atoms with E-state index >= 15 is 0 Å². The minimum atomic E-state index is -0.516. The zero-order chi connectivity index (χ0) is 28.5. The molecule has 0 aliphatic rings. The van der Waals surface area contributed by atoms with Crippen LogP contribution in [0.1, 0.15) is 21.5 Å². The van der Waals surface area contributed by atoms with Crippen molar-refractivity contribution in [3.8, 4) is 0 Å². The number of thioether (sulfide) groups is 1. The molecule has 0 saturated carbocycles. The fraction of sp³-hybridized carbons (Fsp3) is 0.0690. The van der Waals surface area contributed by atoms with Crippen LogP contribution in [-0.2, 0) is 9.59 Å². The van der Waals surface area contributed by atoms with E-state index in [1.807, 2.05) is 16.8 Å². The van der Waals surface area contributed by atoms with Gasteiger partial charge in [0.05, 0.1) is 16.4 Å². The van der Waals surface area contributed by atoms with Crippen molar-refractivity contribution in [3.63, 3.8) is 0 Å². The van der Waals surface area contributed by atoms with Crippen LogP contribution in [0.3, 0.4) is 0 Å². The topological polar surface area (TPSA) is 130 Å². The van der Waals surface area contributed by atoms with E-state index < -0.39 is 16.7 Å². The third-order valence-electron chi connectivity index (χ3n) is 5.55. The first kappa shape index (κ1) is 28.3. The van der Waals surface area contributed by atoms with Gasteiger partial charge in [-0.2, -0.15) is 11.3 Å². The lowest BCUT2D eigenvalue weighted by atomic mass is 10.2. The van der Waals surface area contributed by atoms with Crippen molar-refractivity contribution in [3.05, 3.63) is 122 Å². The molecule has 0 unspecified atom stereocenters. The minimum Gasteiger partial charge on any atom is -0.325 e.